The Morgan fingerprint density at radius 1 is 0.886 bits per heavy atom. The van der Waals surface area contributed by atoms with Gasteiger partial charge in [0.25, 0.3) is 20.2 Å². The molecule has 2 aromatic carbocycles. The molecule has 0 spiro atoms. The summed E-state index contributed by atoms with van der Waals surface area (Å²) >= 11 is 0. The SMILES string of the molecule is CC(=O)Nc1ccc(N=NC2=C(S(=O)(=O)O)Cc3cc(S(=O)(=O)O)cc(NC(C)=O)c3C2=O)cc1. The molecule has 0 heterocycles. The zero-order chi connectivity index (χ0) is 26.1. The van der Waals surface area contributed by atoms with Crippen molar-refractivity contribution in [2.75, 3.05) is 10.6 Å². The van der Waals surface area contributed by atoms with Crippen molar-refractivity contribution in [3.63, 3.8) is 0 Å². The molecule has 1 aliphatic carbocycles. The summed E-state index contributed by atoms with van der Waals surface area (Å²) in [7, 11) is -9.80. The fourth-order valence-electron chi connectivity index (χ4n) is 3.26. The number of rotatable bonds is 6. The van der Waals surface area contributed by atoms with Crippen LogP contribution in [0.4, 0.5) is 17.1 Å². The van der Waals surface area contributed by atoms with E-state index in [1.807, 2.05) is 0 Å². The van der Waals surface area contributed by atoms with E-state index in [2.05, 4.69) is 20.9 Å². The first-order chi connectivity index (χ1) is 16.2. The Kier molecular flexibility index (Phi) is 6.98. The van der Waals surface area contributed by atoms with Crippen LogP contribution < -0.4 is 10.6 Å². The van der Waals surface area contributed by atoms with Crippen molar-refractivity contribution >= 4 is 54.9 Å². The van der Waals surface area contributed by atoms with E-state index in [0.717, 1.165) is 19.1 Å². The molecule has 0 fully saturated rings. The predicted octanol–water partition coefficient (Wildman–Crippen LogP) is 2.47. The maximum absolute atomic E-state index is 13.2. The molecule has 0 radical (unpaired) electrons. The summed E-state index contributed by atoms with van der Waals surface area (Å²) in [4.78, 5) is 34.4. The Labute approximate surface area is 199 Å². The zero-order valence-electron chi connectivity index (χ0n) is 18.1. The first-order valence-electron chi connectivity index (χ1n) is 9.63. The maximum Gasteiger partial charge on any atom is 0.294 e. The number of hydrogen-bond donors (Lipinski definition) is 4. The van der Waals surface area contributed by atoms with Gasteiger partial charge in [0.2, 0.25) is 17.6 Å². The molecular weight excluding hydrogens is 504 g/mol. The molecule has 13 nitrogen and oxygen atoms in total. The predicted molar refractivity (Wildman–Crippen MR) is 122 cm³/mol. The largest absolute Gasteiger partial charge is 0.326 e. The van der Waals surface area contributed by atoms with Crippen molar-refractivity contribution in [2.24, 2.45) is 10.2 Å². The number of carbonyl (C=O) groups excluding carboxylic acids is 3. The van der Waals surface area contributed by atoms with E-state index >= 15 is 0 Å². The molecule has 184 valence electrons. The summed E-state index contributed by atoms with van der Waals surface area (Å²) in [6, 6.07) is 7.50. The Balaban J connectivity index is 2.14. The summed E-state index contributed by atoms with van der Waals surface area (Å²) in [5.41, 5.74) is -0.920. The van der Waals surface area contributed by atoms with Crippen molar-refractivity contribution in [1.29, 1.82) is 0 Å². The van der Waals surface area contributed by atoms with Crippen LogP contribution in [0.15, 0.2) is 62.1 Å². The average Bonchev–Trinajstić information content (AvgIpc) is 2.71. The Bertz CT molecular complexity index is 1520. The third-order valence-electron chi connectivity index (χ3n) is 4.62. The molecule has 0 aliphatic heterocycles. The number of benzene rings is 2. The van der Waals surface area contributed by atoms with Gasteiger partial charge in [0, 0.05) is 26.0 Å². The van der Waals surface area contributed by atoms with Crippen molar-refractivity contribution in [2.45, 2.75) is 25.2 Å². The highest BCUT2D eigenvalue weighted by Gasteiger charge is 2.35. The molecule has 0 saturated carbocycles. The van der Waals surface area contributed by atoms with Crippen LogP contribution in [0.3, 0.4) is 0 Å². The van der Waals surface area contributed by atoms with Crippen molar-refractivity contribution < 1.29 is 40.3 Å². The van der Waals surface area contributed by atoms with Crippen molar-refractivity contribution in [3.8, 4) is 0 Å². The van der Waals surface area contributed by atoms with Crippen LogP contribution in [0, 0.1) is 0 Å². The first-order valence-corrected chi connectivity index (χ1v) is 12.5. The third-order valence-corrected chi connectivity index (χ3v) is 6.42. The van der Waals surface area contributed by atoms with Crippen LogP contribution in [-0.4, -0.2) is 43.5 Å². The van der Waals surface area contributed by atoms with Gasteiger partial charge in [0.05, 0.1) is 21.8 Å². The molecule has 0 aromatic heterocycles. The van der Waals surface area contributed by atoms with E-state index in [9.17, 15) is 40.3 Å². The van der Waals surface area contributed by atoms with E-state index in [0.29, 0.717) is 5.69 Å². The van der Waals surface area contributed by atoms with Crippen LogP contribution in [0.25, 0.3) is 0 Å². The third kappa shape index (κ3) is 6.02. The Morgan fingerprint density at radius 2 is 1.49 bits per heavy atom. The van der Waals surface area contributed by atoms with E-state index in [-0.39, 0.29) is 28.4 Å². The fraction of sp³-hybridized carbons (Fsp3) is 0.150. The molecule has 0 bridgehead atoms. The summed E-state index contributed by atoms with van der Waals surface area (Å²) in [5, 5.41) is 12.3. The number of anilines is 2. The Hall–Kier alpha value is -3.79. The van der Waals surface area contributed by atoms with E-state index in [4.69, 9.17) is 0 Å². The number of azo groups is 1. The number of hydrogen-bond acceptors (Lipinski definition) is 9. The molecular formula is C20H18N4O9S2. The lowest BCUT2D eigenvalue weighted by Gasteiger charge is -2.21. The van der Waals surface area contributed by atoms with E-state index in [1.54, 1.807) is 0 Å². The number of ketones is 1. The number of amides is 2. The molecule has 2 amide bonds. The minimum Gasteiger partial charge on any atom is -0.326 e. The quantitative estimate of drug-likeness (QED) is 0.324. The van der Waals surface area contributed by atoms with Gasteiger partial charge in [-0.2, -0.15) is 21.9 Å². The summed E-state index contributed by atoms with van der Waals surface area (Å²) in [6.07, 6.45) is -0.675. The summed E-state index contributed by atoms with van der Waals surface area (Å²) in [5.74, 6) is -2.05. The second-order valence-corrected chi connectivity index (χ2v) is 10.2. The molecule has 0 saturated heterocycles. The van der Waals surface area contributed by atoms with Crippen LogP contribution in [-0.2, 0) is 36.2 Å². The highest BCUT2D eigenvalue weighted by molar-refractivity contribution is 7.89. The minimum atomic E-state index is -5.00. The highest BCUT2D eigenvalue weighted by Crippen LogP contribution is 2.36. The van der Waals surface area contributed by atoms with Crippen LogP contribution in [0.1, 0.15) is 29.8 Å². The first kappa shape index (κ1) is 25.8. The van der Waals surface area contributed by atoms with Gasteiger partial charge < -0.3 is 10.6 Å². The minimum absolute atomic E-state index is 0.170. The number of fused-ring (bicyclic) bond motifs is 1. The van der Waals surface area contributed by atoms with Gasteiger partial charge in [-0.3, -0.25) is 23.5 Å². The van der Waals surface area contributed by atoms with Gasteiger partial charge in [-0.1, -0.05) is 0 Å². The molecule has 0 atom stereocenters. The lowest BCUT2D eigenvalue weighted by Crippen LogP contribution is -2.23. The molecule has 2 aromatic rings. The van der Waals surface area contributed by atoms with Crippen LogP contribution in [0.5, 0.6) is 0 Å². The van der Waals surface area contributed by atoms with Gasteiger partial charge in [0.1, 0.15) is 4.91 Å². The van der Waals surface area contributed by atoms with E-state index in [1.165, 1.54) is 31.2 Å². The number of carbonyl (C=O) groups is 3. The average molecular weight is 523 g/mol. The lowest BCUT2D eigenvalue weighted by atomic mass is 9.92. The number of Topliss-reactive ketones (excluding diaryl/α,β-unsaturated/α-hetero) is 1. The fourth-order valence-corrected chi connectivity index (χ4v) is 4.53. The molecule has 35 heavy (non-hydrogen) atoms. The van der Waals surface area contributed by atoms with Crippen molar-refractivity contribution in [3.05, 3.63) is 58.1 Å². The molecule has 3 rings (SSSR count). The van der Waals surface area contributed by atoms with Gasteiger partial charge in [-0.15, -0.1) is 5.11 Å². The smallest absolute Gasteiger partial charge is 0.294 e. The van der Waals surface area contributed by atoms with Crippen LogP contribution >= 0.6 is 0 Å². The van der Waals surface area contributed by atoms with E-state index < -0.39 is 53.8 Å². The molecule has 0 unspecified atom stereocenters. The number of allylic oxidation sites excluding steroid dienone is 2. The second kappa shape index (κ2) is 9.46. The molecule has 4 N–H and O–H groups in total. The second-order valence-electron chi connectivity index (χ2n) is 7.34. The number of nitrogens with one attached hydrogen (secondary N) is 2. The summed E-state index contributed by atoms with van der Waals surface area (Å²) in [6.45, 7) is 2.40. The lowest BCUT2D eigenvalue weighted by molar-refractivity contribution is -0.115. The topological polar surface area (TPSA) is 209 Å². The summed E-state index contributed by atoms with van der Waals surface area (Å²) < 4.78 is 66.4. The standard InChI is InChI=1S/C20H18N4O9S2/c1-10(25)21-13-3-5-14(6-4-13)23-24-19-17(35(31,32)33)8-12-7-15(34(28,29)30)9-16(22-11(2)26)18(12)20(19)27/h3-7,9H,8H2,1-2H3,(H,21,25)(H,22,26)(H,28,29,30)(H,31,32,33). The Morgan fingerprint density at radius 3 is 2.00 bits per heavy atom. The maximum atomic E-state index is 13.2. The molecule has 15 heteroatoms. The van der Waals surface area contributed by atoms with Crippen LogP contribution in [0.2, 0.25) is 0 Å². The monoisotopic (exact) mass is 522 g/mol. The molecule has 1 aliphatic rings. The zero-order valence-corrected chi connectivity index (χ0v) is 19.8. The van der Waals surface area contributed by atoms with Crippen molar-refractivity contribution in [1.82, 2.24) is 0 Å². The van der Waals surface area contributed by atoms with Gasteiger partial charge in [0.15, 0.2) is 5.70 Å². The van der Waals surface area contributed by atoms with Gasteiger partial charge in [-0.05, 0) is 42.0 Å². The normalized spacial score (nSPS) is 14.1. The number of nitrogens with zero attached hydrogens (tertiary/aromatic N) is 2. The van der Waals surface area contributed by atoms with Gasteiger partial charge in [-0.25, -0.2) is 0 Å². The van der Waals surface area contributed by atoms with Gasteiger partial charge >= 0.3 is 0 Å². The highest BCUT2D eigenvalue weighted by atomic mass is 32.2.